The number of amides is 2. The Hall–Kier alpha value is -4.41. The Morgan fingerprint density at radius 2 is 0.889 bits per heavy atom. The van der Waals surface area contributed by atoms with Crippen molar-refractivity contribution in [1.29, 1.82) is 0 Å². The maximum Gasteiger partial charge on any atom is 0.326 e. The maximum atomic E-state index is 12.4. The standard InChI is InChI=1S/C25H28N2O9/c28-21(29)17(11-15-7-3-1-4-8-15)13-19(23(32)33)26-25(36)27-20(24(34)35)14-18(22(30)31)12-16-9-5-2-6-10-16/h1-10,17-20H,11-14H2,(H,28,29)(H,30,31)(H,32,33)(H,34,35)(H2,26,27,36)/t17-,18+,19-,20-/m0/s1. The zero-order chi connectivity index (χ0) is 26.7. The van der Waals surface area contributed by atoms with Gasteiger partial charge in [0.25, 0.3) is 0 Å². The normalized spacial score (nSPS) is 14.0. The number of carbonyl (C=O) groups is 5. The molecule has 0 fully saturated rings. The van der Waals surface area contributed by atoms with Crippen LogP contribution in [-0.4, -0.2) is 62.4 Å². The third-order valence-corrected chi connectivity index (χ3v) is 5.60. The molecule has 192 valence electrons. The molecule has 2 aromatic rings. The van der Waals surface area contributed by atoms with E-state index >= 15 is 0 Å². The number of rotatable bonds is 14. The lowest BCUT2D eigenvalue weighted by molar-refractivity contribution is -0.145. The van der Waals surface area contributed by atoms with Crippen LogP contribution in [0.5, 0.6) is 0 Å². The van der Waals surface area contributed by atoms with Crippen LogP contribution in [0.15, 0.2) is 60.7 Å². The van der Waals surface area contributed by atoms with Crippen LogP contribution in [0.3, 0.4) is 0 Å². The number of nitrogens with one attached hydrogen (secondary N) is 2. The predicted octanol–water partition coefficient (Wildman–Crippen LogP) is 1.86. The number of benzene rings is 2. The summed E-state index contributed by atoms with van der Waals surface area (Å²) in [7, 11) is 0. The second-order valence-corrected chi connectivity index (χ2v) is 8.32. The van der Waals surface area contributed by atoms with Crippen molar-refractivity contribution in [1.82, 2.24) is 10.6 Å². The number of aliphatic carboxylic acids is 4. The minimum absolute atomic E-state index is 0.0286. The highest BCUT2D eigenvalue weighted by molar-refractivity contribution is 5.86. The molecule has 11 nitrogen and oxygen atoms in total. The highest BCUT2D eigenvalue weighted by Gasteiger charge is 2.32. The molecule has 0 radical (unpaired) electrons. The van der Waals surface area contributed by atoms with Crippen molar-refractivity contribution in [3.63, 3.8) is 0 Å². The Morgan fingerprint density at radius 3 is 1.17 bits per heavy atom. The molecule has 2 aromatic carbocycles. The molecule has 0 spiro atoms. The summed E-state index contributed by atoms with van der Waals surface area (Å²) in [6.45, 7) is 0. The van der Waals surface area contributed by atoms with Crippen LogP contribution in [0.4, 0.5) is 4.79 Å². The van der Waals surface area contributed by atoms with E-state index in [9.17, 15) is 44.4 Å². The second-order valence-electron chi connectivity index (χ2n) is 8.32. The fourth-order valence-electron chi connectivity index (χ4n) is 3.71. The van der Waals surface area contributed by atoms with Gasteiger partial charge in [-0.2, -0.15) is 0 Å². The first-order valence-corrected chi connectivity index (χ1v) is 11.1. The molecule has 0 aliphatic carbocycles. The van der Waals surface area contributed by atoms with Crippen molar-refractivity contribution >= 4 is 29.9 Å². The molecule has 0 aromatic heterocycles. The van der Waals surface area contributed by atoms with Crippen molar-refractivity contribution in [2.45, 2.75) is 37.8 Å². The Bertz CT molecular complexity index is 976. The Kier molecular flexibility index (Phi) is 10.4. The lowest BCUT2D eigenvalue weighted by Crippen LogP contribution is -2.52. The number of carboxylic acids is 4. The van der Waals surface area contributed by atoms with Crippen molar-refractivity contribution in [2.75, 3.05) is 0 Å². The monoisotopic (exact) mass is 500 g/mol. The average molecular weight is 501 g/mol. The minimum atomic E-state index is -1.62. The van der Waals surface area contributed by atoms with E-state index in [1.807, 2.05) is 0 Å². The van der Waals surface area contributed by atoms with E-state index in [4.69, 9.17) is 0 Å². The van der Waals surface area contributed by atoms with E-state index in [-0.39, 0.29) is 12.8 Å². The molecule has 6 N–H and O–H groups in total. The van der Waals surface area contributed by atoms with Crippen LogP contribution in [0.1, 0.15) is 24.0 Å². The van der Waals surface area contributed by atoms with Gasteiger partial charge in [-0.25, -0.2) is 14.4 Å². The van der Waals surface area contributed by atoms with Gasteiger partial charge in [-0.15, -0.1) is 0 Å². The van der Waals surface area contributed by atoms with Gasteiger partial charge >= 0.3 is 29.9 Å². The highest BCUT2D eigenvalue weighted by Crippen LogP contribution is 2.17. The maximum absolute atomic E-state index is 12.4. The first-order chi connectivity index (χ1) is 17.1. The van der Waals surface area contributed by atoms with Gasteiger partial charge in [0.2, 0.25) is 0 Å². The number of hydrogen-bond acceptors (Lipinski definition) is 5. The molecule has 0 bridgehead atoms. The van der Waals surface area contributed by atoms with Crippen LogP contribution < -0.4 is 10.6 Å². The summed E-state index contributed by atoms with van der Waals surface area (Å²) in [5.41, 5.74) is 1.34. The lowest BCUT2D eigenvalue weighted by atomic mass is 9.92. The largest absolute Gasteiger partial charge is 0.481 e. The quantitative estimate of drug-likeness (QED) is 0.225. The van der Waals surface area contributed by atoms with E-state index in [1.165, 1.54) is 0 Å². The summed E-state index contributed by atoms with van der Waals surface area (Å²) < 4.78 is 0. The predicted molar refractivity (Wildman–Crippen MR) is 126 cm³/mol. The fraction of sp³-hybridized carbons (Fsp3) is 0.320. The summed E-state index contributed by atoms with van der Waals surface area (Å²) >= 11 is 0. The summed E-state index contributed by atoms with van der Waals surface area (Å²) in [4.78, 5) is 59.3. The summed E-state index contributed by atoms with van der Waals surface area (Å²) in [5, 5.41) is 42.3. The topological polar surface area (TPSA) is 190 Å². The summed E-state index contributed by atoms with van der Waals surface area (Å²) in [6, 6.07) is 12.7. The lowest BCUT2D eigenvalue weighted by Gasteiger charge is -2.22. The van der Waals surface area contributed by atoms with Gasteiger partial charge in [0, 0.05) is 0 Å². The van der Waals surface area contributed by atoms with Gasteiger partial charge in [-0.3, -0.25) is 9.59 Å². The van der Waals surface area contributed by atoms with E-state index in [0.717, 1.165) is 0 Å². The zero-order valence-corrected chi connectivity index (χ0v) is 19.2. The van der Waals surface area contributed by atoms with E-state index < -0.39 is 66.7 Å². The molecule has 0 aliphatic rings. The molecule has 11 heteroatoms. The van der Waals surface area contributed by atoms with Gasteiger partial charge in [0.15, 0.2) is 0 Å². The SMILES string of the molecule is O=C(N[C@@H](C[C@@H](Cc1ccccc1)C(=O)O)C(=O)O)N[C@@H](C[C@H](Cc1ccccc1)C(=O)O)C(=O)O. The molecule has 0 heterocycles. The molecule has 4 atom stereocenters. The Morgan fingerprint density at radius 1 is 0.556 bits per heavy atom. The Labute approximate surface area is 206 Å². The molecule has 2 rings (SSSR count). The number of urea groups is 1. The van der Waals surface area contributed by atoms with Crippen molar-refractivity contribution in [2.24, 2.45) is 11.8 Å². The number of carboxylic acid groups (broad SMARTS) is 4. The first-order valence-electron chi connectivity index (χ1n) is 11.1. The van der Waals surface area contributed by atoms with Gasteiger partial charge in [-0.05, 0) is 36.8 Å². The van der Waals surface area contributed by atoms with Gasteiger partial charge < -0.3 is 31.1 Å². The van der Waals surface area contributed by atoms with Crippen molar-refractivity contribution in [3.8, 4) is 0 Å². The van der Waals surface area contributed by atoms with Crippen LogP contribution in [-0.2, 0) is 32.0 Å². The molecule has 0 saturated heterocycles. The minimum Gasteiger partial charge on any atom is -0.481 e. The van der Waals surface area contributed by atoms with Crippen LogP contribution in [0, 0.1) is 11.8 Å². The molecule has 2 amide bonds. The van der Waals surface area contributed by atoms with Crippen molar-refractivity contribution in [3.05, 3.63) is 71.8 Å². The Balaban J connectivity index is 2.06. The fourth-order valence-corrected chi connectivity index (χ4v) is 3.71. The van der Waals surface area contributed by atoms with E-state index in [2.05, 4.69) is 10.6 Å². The molecule has 0 aliphatic heterocycles. The number of hydrogen-bond donors (Lipinski definition) is 6. The molecular formula is C25H28N2O9. The molecule has 0 unspecified atom stereocenters. The van der Waals surface area contributed by atoms with Crippen LogP contribution in [0.2, 0.25) is 0 Å². The van der Waals surface area contributed by atoms with Crippen molar-refractivity contribution < 1.29 is 44.4 Å². The van der Waals surface area contributed by atoms with Gasteiger partial charge in [0.1, 0.15) is 12.1 Å². The molecule has 36 heavy (non-hydrogen) atoms. The molecule has 0 saturated carbocycles. The first kappa shape index (κ1) is 27.8. The van der Waals surface area contributed by atoms with Crippen LogP contribution >= 0.6 is 0 Å². The van der Waals surface area contributed by atoms with Gasteiger partial charge in [0.05, 0.1) is 11.8 Å². The highest BCUT2D eigenvalue weighted by atomic mass is 16.4. The van der Waals surface area contributed by atoms with E-state index in [1.54, 1.807) is 60.7 Å². The third kappa shape index (κ3) is 9.09. The summed E-state index contributed by atoms with van der Waals surface area (Å²) in [6.07, 6.45) is -0.839. The third-order valence-electron chi connectivity index (χ3n) is 5.60. The summed E-state index contributed by atoms with van der Waals surface area (Å²) in [5.74, 6) is -7.76. The average Bonchev–Trinajstić information content (AvgIpc) is 2.83. The molecular weight excluding hydrogens is 472 g/mol. The zero-order valence-electron chi connectivity index (χ0n) is 19.2. The smallest absolute Gasteiger partial charge is 0.326 e. The second kappa shape index (κ2) is 13.5. The number of carbonyl (C=O) groups excluding carboxylic acids is 1. The van der Waals surface area contributed by atoms with Crippen LogP contribution in [0.25, 0.3) is 0 Å². The van der Waals surface area contributed by atoms with E-state index in [0.29, 0.717) is 11.1 Å². The van der Waals surface area contributed by atoms with Gasteiger partial charge in [-0.1, -0.05) is 60.7 Å².